The molecule has 0 saturated heterocycles. The van der Waals surface area contributed by atoms with Gasteiger partial charge in [0.15, 0.2) is 0 Å². The van der Waals surface area contributed by atoms with Crippen LogP contribution in [-0.4, -0.2) is 19.7 Å². The Hall–Kier alpha value is -1.35. The van der Waals surface area contributed by atoms with Gasteiger partial charge in [-0.05, 0) is 19.4 Å². The maximum atomic E-state index is 10.9. The van der Waals surface area contributed by atoms with Crippen LogP contribution in [0.25, 0.3) is 0 Å². The number of carbonyl (C=O) groups excluding carboxylic acids is 1. The number of methoxy groups -OCH3 is 1. The second kappa shape index (κ2) is 4.94. The second-order valence-electron chi connectivity index (χ2n) is 3.74. The molecule has 0 aliphatic heterocycles. The van der Waals surface area contributed by atoms with E-state index >= 15 is 0 Å². The molecule has 0 radical (unpaired) electrons. The van der Waals surface area contributed by atoms with Crippen molar-refractivity contribution in [3.8, 4) is 0 Å². The van der Waals surface area contributed by atoms with Crippen molar-refractivity contribution in [3.63, 3.8) is 0 Å². The van der Waals surface area contributed by atoms with E-state index in [-0.39, 0.29) is 12.6 Å². The van der Waals surface area contributed by atoms with E-state index in [1.165, 1.54) is 7.11 Å². The van der Waals surface area contributed by atoms with Gasteiger partial charge in [-0.1, -0.05) is 30.3 Å². The number of rotatable bonds is 4. The van der Waals surface area contributed by atoms with Crippen LogP contribution in [0.15, 0.2) is 30.3 Å². The zero-order valence-electron chi connectivity index (χ0n) is 9.32. The maximum absolute atomic E-state index is 10.9. The summed E-state index contributed by atoms with van der Waals surface area (Å²) in [6.07, 6.45) is 0. The highest BCUT2D eigenvalue weighted by molar-refractivity contribution is 5.70. The third kappa shape index (κ3) is 3.36. The van der Waals surface area contributed by atoms with E-state index in [1.54, 1.807) is 0 Å². The zero-order chi connectivity index (χ0) is 11.3. The van der Waals surface area contributed by atoms with Gasteiger partial charge in [-0.2, -0.15) is 0 Å². The van der Waals surface area contributed by atoms with Crippen LogP contribution in [0.1, 0.15) is 19.4 Å². The standard InChI is InChI=1S/C12H16O3/c1-12(2,15-9-11(13)14-3)10-7-5-4-6-8-10/h4-8H,9H2,1-3H3. The van der Waals surface area contributed by atoms with Crippen LogP contribution in [0.4, 0.5) is 0 Å². The average molecular weight is 208 g/mol. The third-order valence-electron chi connectivity index (χ3n) is 2.25. The Morgan fingerprint density at radius 2 is 1.87 bits per heavy atom. The first kappa shape index (κ1) is 11.7. The number of hydrogen-bond donors (Lipinski definition) is 0. The number of esters is 1. The van der Waals surface area contributed by atoms with Gasteiger partial charge in [0.2, 0.25) is 0 Å². The molecule has 0 aliphatic carbocycles. The summed E-state index contributed by atoms with van der Waals surface area (Å²) in [4.78, 5) is 10.9. The number of carbonyl (C=O) groups is 1. The molecule has 0 N–H and O–H groups in total. The van der Waals surface area contributed by atoms with Crippen molar-refractivity contribution in [1.82, 2.24) is 0 Å². The smallest absolute Gasteiger partial charge is 0.331 e. The monoisotopic (exact) mass is 208 g/mol. The zero-order valence-corrected chi connectivity index (χ0v) is 9.32. The molecule has 0 bridgehead atoms. The molecule has 0 aliphatic rings. The third-order valence-corrected chi connectivity index (χ3v) is 2.25. The van der Waals surface area contributed by atoms with Gasteiger partial charge in [0.05, 0.1) is 12.7 Å². The number of ether oxygens (including phenoxy) is 2. The van der Waals surface area contributed by atoms with Crippen molar-refractivity contribution in [3.05, 3.63) is 35.9 Å². The quantitative estimate of drug-likeness (QED) is 0.711. The lowest BCUT2D eigenvalue weighted by atomic mass is 9.98. The van der Waals surface area contributed by atoms with Crippen LogP contribution in [0.5, 0.6) is 0 Å². The Bertz CT molecular complexity index is 317. The summed E-state index contributed by atoms with van der Waals surface area (Å²) >= 11 is 0. The van der Waals surface area contributed by atoms with Crippen molar-refractivity contribution in [1.29, 1.82) is 0 Å². The highest BCUT2D eigenvalue weighted by Gasteiger charge is 2.22. The fraction of sp³-hybridized carbons (Fsp3) is 0.417. The van der Waals surface area contributed by atoms with Crippen molar-refractivity contribution < 1.29 is 14.3 Å². The molecule has 82 valence electrons. The molecule has 0 amide bonds. The molecule has 3 heteroatoms. The molecular weight excluding hydrogens is 192 g/mol. The molecule has 1 aromatic rings. The second-order valence-corrected chi connectivity index (χ2v) is 3.74. The van der Waals surface area contributed by atoms with Crippen LogP contribution in [0.3, 0.4) is 0 Å². The summed E-state index contributed by atoms with van der Waals surface area (Å²) in [5, 5.41) is 0. The highest BCUT2D eigenvalue weighted by atomic mass is 16.6. The fourth-order valence-corrected chi connectivity index (χ4v) is 1.22. The molecule has 0 spiro atoms. The number of hydrogen-bond acceptors (Lipinski definition) is 3. The van der Waals surface area contributed by atoms with E-state index in [0.717, 1.165) is 5.56 Å². The lowest BCUT2D eigenvalue weighted by Crippen LogP contribution is -2.25. The van der Waals surface area contributed by atoms with Crippen molar-refractivity contribution in [2.75, 3.05) is 13.7 Å². The topological polar surface area (TPSA) is 35.5 Å². The summed E-state index contributed by atoms with van der Waals surface area (Å²) in [6.45, 7) is 3.81. The first-order chi connectivity index (χ1) is 7.06. The Morgan fingerprint density at radius 1 is 1.27 bits per heavy atom. The van der Waals surface area contributed by atoms with Gasteiger partial charge < -0.3 is 9.47 Å². The van der Waals surface area contributed by atoms with Gasteiger partial charge >= 0.3 is 5.97 Å². The van der Waals surface area contributed by atoms with E-state index < -0.39 is 5.60 Å². The molecular formula is C12H16O3. The first-order valence-corrected chi connectivity index (χ1v) is 4.82. The highest BCUT2D eigenvalue weighted by Crippen LogP contribution is 2.23. The Labute approximate surface area is 90.0 Å². The van der Waals surface area contributed by atoms with Gasteiger partial charge in [-0.3, -0.25) is 0 Å². The summed E-state index contributed by atoms with van der Waals surface area (Å²) in [7, 11) is 1.35. The van der Waals surface area contributed by atoms with Crippen LogP contribution >= 0.6 is 0 Å². The van der Waals surface area contributed by atoms with Crippen LogP contribution < -0.4 is 0 Å². The molecule has 0 unspecified atom stereocenters. The van der Waals surface area contributed by atoms with E-state index in [1.807, 2.05) is 44.2 Å². The molecule has 0 saturated carbocycles. The summed E-state index contributed by atoms with van der Waals surface area (Å²) in [5.74, 6) is -0.362. The predicted octanol–water partition coefficient (Wildman–Crippen LogP) is 2.11. The average Bonchev–Trinajstić information content (AvgIpc) is 2.27. The summed E-state index contributed by atoms with van der Waals surface area (Å²) in [5.41, 5.74) is 0.559. The molecule has 3 nitrogen and oxygen atoms in total. The first-order valence-electron chi connectivity index (χ1n) is 4.82. The van der Waals surface area contributed by atoms with Crippen LogP contribution in [-0.2, 0) is 19.9 Å². The van der Waals surface area contributed by atoms with Gasteiger partial charge in [-0.25, -0.2) is 4.79 Å². The molecule has 0 aromatic heterocycles. The van der Waals surface area contributed by atoms with Crippen LogP contribution in [0.2, 0.25) is 0 Å². The summed E-state index contributed by atoms with van der Waals surface area (Å²) < 4.78 is 10.0. The molecule has 1 aromatic carbocycles. The Kier molecular flexibility index (Phi) is 3.86. The summed E-state index contributed by atoms with van der Waals surface area (Å²) in [6, 6.07) is 9.77. The van der Waals surface area contributed by atoms with Gasteiger partial charge in [0, 0.05) is 0 Å². The Balaban J connectivity index is 2.63. The number of benzene rings is 1. The molecule has 0 fully saturated rings. The minimum absolute atomic E-state index is 0.0294. The molecule has 15 heavy (non-hydrogen) atoms. The molecule has 1 rings (SSSR count). The van der Waals surface area contributed by atoms with E-state index in [4.69, 9.17) is 4.74 Å². The van der Waals surface area contributed by atoms with E-state index in [9.17, 15) is 4.79 Å². The Morgan fingerprint density at radius 3 is 2.40 bits per heavy atom. The van der Waals surface area contributed by atoms with E-state index in [0.29, 0.717) is 0 Å². The van der Waals surface area contributed by atoms with Gasteiger partial charge in [0.1, 0.15) is 6.61 Å². The minimum atomic E-state index is -0.477. The normalized spacial score (nSPS) is 11.1. The van der Waals surface area contributed by atoms with Crippen molar-refractivity contribution in [2.24, 2.45) is 0 Å². The van der Waals surface area contributed by atoms with Gasteiger partial charge in [-0.15, -0.1) is 0 Å². The van der Waals surface area contributed by atoms with Gasteiger partial charge in [0.25, 0.3) is 0 Å². The van der Waals surface area contributed by atoms with Crippen molar-refractivity contribution in [2.45, 2.75) is 19.4 Å². The predicted molar refractivity (Wildman–Crippen MR) is 57.4 cm³/mol. The lowest BCUT2D eigenvalue weighted by molar-refractivity contribution is -0.152. The van der Waals surface area contributed by atoms with E-state index in [2.05, 4.69) is 4.74 Å². The maximum Gasteiger partial charge on any atom is 0.331 e. The SMILES string of the molecule is COC(=O)COC(C)(C)c1ccccc1. The van der Waals surface area contributed by atoms with Crippen LogP contribution in [0, 0.1) is 0 Å². The molecule has 0 heterocycles. The fourth-order valence-electron chi connectivity index (χ4n) is 1.22. The lowest BCUT2D eigenvalue weighted by Gasteiger charge is -2.25. The van der Waals surface area contributed by atoms with Crippen molar-refractivity contribution >= 4 is 5.97 Å². The largest absolute Gasteiger partial charge is 0.467 e. The minimum Gasteiger partial charge on any atom is -0.467 e. The molecule has 0 atom stereocenters.